The molecule has 6 heterocycles. The molecule has 0 bridgehead atoms. The Morgan fingerprint density at radius 2 is 0.592 bits per heavy atom. The standard InChI is InChI=1S/C62H42N4.C42H30BN2O2.C26H17BrN2/c1-5-17-45(18-6-1)62(46-19-7-2-8-20-46)55-26-14-13-25-52(55)53-35-33-51(42-56(53)62)65(49-31-28-43(29-32-49)57-27-15-16-39-63-57)50-34-37-58-54(41-50)60-59(66(58)48-23-11-4-12-24-48)36-30-44-38-40-64(61(44)60)47-21-9-3-10-22-47;46-43-47-36-25-22-34(23-26-36)45(33-20-18-30(19-21-33)41-17-9-10-28-44-41)35-24-27-38-37-15-7-8-16-39(37)42(40(38)29-35,31-11-3-1-4-12-31)32-13-5-2-6-14-32;27-19-12-14-23-22(17-19)25-24(29(23)21-9-5-2-6-10-21)13-11-18-15-16-28(26(18)25)20-7-3-1-4-8-20/h1-42H;1-29,46H;1-17H. The molecule has 0 fully saturated rings. The van der Waals surface area contributed by atoms with Gasteiger partial charge in [0.2, 0.25) is 0 Å². The highest BCUT2D eigenvalue weighted by Crippen LogP contribution is 2.60. The molecule has 0 saturated heterocycles. The molecule has 0 amide bonds. The molecule has 19 aromatic carbocycles. The Morgan fingerprint density at radius 1 is 0.268 bits per heavy atom. The predicted molar refractivity (Wildman–Crippen MR) is 588 cm³/mol. The Kier molecular flexibility index (Phi) is 22.0. The highest BCUT2D eigenvalue weighted by atomic mass is 79.9. The number of benzene rings is 19. The summed E-state index contributed by atoms with van der Waals surface area (Å²) in [5.74, 6) is 0.554. The predicted octanol–water partition coefficient (Wildman–Crippen LogP) is 32.6. The number of para-hydroxylation sites is 4. The smallest absolute Gasteiger partial charge is 0.537 e. The quantitative estimate of drug-likeness (QED) is 0.0862. The van der Waals surface area contributed by atoms with Crippen molar-refractivity contribution in [1.29, 1.82) is 0 Å². The normalized spacial score (nSPS) is 12.4. The fourth-order valence-corrected chi connectivity index (χ4v) is 22.6. The Labute approximate surface area is 832 Å². The van der Waals surface area contributed by atoms with Crippen molar-refractivity contribution in [3.8, 4) is 73.3 Å². The van der Waals surface area contributed by atoms with Crippen molar-refractivity contribution in [2.45, 2.75) is 10.8 Å². The third-order valence-corrected chi connectivity index (χ3v) is 28.8. The zero-order valence-corrected chi connectivity index (χ0v) is 78.8. The van der Waals surface area contributed by atoms with Gasteiger partial charge in [0.15, 0.2) is 0 Å². The van der Waals surface area contributed by atoms with Crippen molar-refractivity contribution in [3.63, 3.8) is 0 Å². The lowest BCUT2D eigenvalue weighted by molar-refractivity contribution is 0.454. The summed E-state index contributed by atoms with van der Waals surface area (Å²) in [6.45, 7) is 0. The first kappa shape index (κ1) is 85.7. The SMILES string of the molecule is Brc1ccc2c(c1)c1c3c(ccc1n2-c1ccccc1)ccn3-c1ccccc1.O[B]Oc1ccc(N(c2ccc(-c3ccccn3)cc2)c2ccc3c(c2)C(c2ccccc2)(c2ccccc2)c2ccccc2-3)cc1.c1ccc(-n2ccc3ccc4c(c5cc(N(c6ccc(-c7ccccn7)cc6)c6ccc7c(c6)C(c6ccccc6)(c6ccccc6)c6ccccc6-7)ccc5n4-c4ccccc4)c32)cc1. The van der Waals surface area contributed by atoms with Gasteiger partial charge in [0.25, 0.3) is 0 Å². The number of halogens is 1. The molecule has 142 heavy (non-hydrogen) atoms. The molecule has 2 aliphatic rings. The van der Waals surface area contributed by atoms with Crippen LogP contribution in [0.5, 0.6) is 5.75 Å². The van der Waals surface area contributed by atoms with E-state index in [9.17, 15) is 5.02 Å². The zero-order chi connectivity index (χ0) is 94.6. The summed E-state index contributed by atoms with van der Waals surface area (Å²) in [4.78, 5) is 13.9. The fourth-order valence-electron chi connectivity index (χ4n) is 22.3. The highest BCUT2D eigenvalue weighted by Gasteiger charge is 2.48. The van der Waals surface area contributed by atoms with Crippen molar-refractivity contribution in [2.75, 3.05) is 9.80 Å². The van der Waals surface area contributed by atoms with Gasteiger partial charge < -0.3 is 37.7 Å². The van der Waals surface area contributed by atoms with Crippen LogP contribution < -0.4 is 14.5 Å². The highest BCUT2D eigenvalue weighted by molar-refractivity contribution is 9.10. The average molecular weight is 1890 g/mol. The third-order valence-electron chi connectivity index (χ3n) is 28.3. The van der Waals surface area contributed by atoms with Gasteiger partial charge in [-0.2, -0.15) is 0 Å². The van der Waals surface area contributed by atoms with Gasteiger partial charge in [0, 0.05) is 130 Å². The third kappa shape index (κ3) is 14.7. The second-order valence-electron chi connectivity index (χ2n) is 36.0. The van der Waals surface area contributed by atoms with E-state index in [0.717, 1.165) is 83.5 Å². The van der Waals surface area contributed by atoms with E-state index in [1.165, 1.54) is 133 Å². The van der Waals surface area contributed by atoms with E-state index < -0.39 is 10.8 Å². The summed E-state index contributed by atoms with van der Waals surface area (Å²) < 4.78 is 15.8. The molecule has 1 radical (unpaired) electrons. The van der Waals surface area contributed by atoms with E-state index in [2.05, 4.69) is 516 Å². The van der Waals surface area contributed by atoms with Crippen LogP contribution in [0.3, 0.4) is 0 Å². The molecule has 25 aromatic rings. The molecule has 1 N–H and O–H groups in total. The number of fused-ring (bicyclic) bond motifs is 16. The number of anilines is 6. The molecule has 10 nitrogen and oxygen atoms in total. The molecular formula is C130H89BBrN8O2. The van der Waals surface area contributed by atoms with Crippen LogP contribution in [0.2, 0.25) is 0 Å². The first-order valence-corrected chi connectivity index (χ1v) is 48.7. The molecule has 27 rings (SSSR count). The lowest BCUT2D eigenvalue weighted by Crippen LogP contribution is -2.28. The van der Waals surface area contributed by atoms with Gasteiger partial charge in [-0.1, -0.05) is 319 Å². The van der Waals surface area contributed by atoms with Crippen LogP contribution in [0, 0.1) is 0 Å². The molecule has 671 valence electrons. The van der Waals surface area contributed by atoms with E-state index in [1.54, 1.807) is 0 Å². The summed E-state index contributed by atoms with van der Waals surface area (Å²) in [6.07, 6.45) is 8.05. The van der Waals surface area contributed by atoms with Gasteiger partial charge >= 0.3 is 7.69 Å². The molecule has 6 aromatic heterocycles. The lowest BCUT2D eigenvalue weighted by Gasteiger charge is -2.35. The molecule has 2 aliphatic carbocycles. The minimum Gasteiger partial charge on any atom is -0.537 e. The monoisotopic (exact) mass is 1880 g/mol. The summed E-state index contributed by atoms with van der Waals surface area (Å²) in [5, 5.41) is 16.6. The summed E-state index contributed by atoms with van der Waals surface area (Å²) in [6, 6.07) is 182. The van der Waals surface area contributed by atoms with Gasteiger partial charge in [-0.05, 0) is 273 Å². The number of pyridine rings is 2. The minimum absolute atomic E-state index is 0.506. The number of aromatic nitrogens is 6. The Bertz CT molecular complexity index is 8870. The maximum absolute atomic E-state index is 9.21. The fraction of sp³-hybridized carbons (Fsp3) is 0.0154. The number of hydrogen-bond donors (Lipinski definition) is 1. The maximum Gasteiger partial charge on any atom is 0.569 e. The molecule has 0 spiro atoms. The molecule has 0 unspecified atom stereocenters. The van der Waals surface area contributed by atoms with Crippen molar-refractivity contribution in [2.24, 2.45) is 0 Å². The topological polar surface area (TPSA) is 81.4 Å². The Balaban J connectivity index is 0.000000121. The lowest BCUT2D eigenvalue weighted by atomic mass is 9.67. The van der Waals surface area contributed by atoms with Gasteiger partial charge in [-0.15, -0.1) is 0 Å². The van der Waals surface area contributed by atoms with Crippen LogP contribution in [0.4, 0.5) is 34.1 Å². The van der Waals surface area contributed by atoms with Crippen LogP contribution in [-0.4, -0.2) is 40.9 Å². The second-order valence-corrected chi connectivity index (χ2v) is 36.9. The molecule has 12 heteroatoms. The van der Waals surface area contributed by atoms with Crippen LogP contribution >= 0.6 is 15.9 Å². The van der Waals surface area contributed by atoms with Gasteiger partial charge in [0.05, 0.1) is 55.3 Å². The summed E-state index contributed by atoms with van der Waals surface area (Å²) >= 11 is 3.69. The minimum atomic E-state index is -0.541. The number of hydrogen-bond acceptors (Lipinski definition) is 6. The van der Waals surface area contributed by atoms with Gasteiger partial charge in [0.1, 0.15) is 5.75 Å². The van der Waals surface area contributed by atoms with E-state index in [-0.39, 0.29) is 0 Å². The molecular weight excluding hydrogens is 1800 g/mol. The van der Waals surface area contributed by atoms with Crippen molar-refractivity contribution in [3.05, 3.63) is 583 Å². The first-order valence-electron chi connectivity index (χ1n) is 47.9. The van der Waals surface area contributed by atoms with Crippen molar-refractivity contribution < 1.29 is 9.68 Å². The van der Waals surface area contributed by atoms with E-state index in [1.807, 2.05) is 67.0 Å². The Hall–Kier alpha value is -17.9. The maximum atomic E-state index is 9.21. The molecule has 0 atom stereocenters. The van der Waals surface area contributed by atoms with Crippen LogP contribution in [-0.2, 0) is 10.8 Å². The van der Waals surface area contributed by atoms with Crippen molar-refractivity contribution >= 4 is 123 Å². The second kappa shape index (κ2) is 36.5. The van der Waals surface area contributed by atoms with E-state index in [4.69, 9.17) is 9.64 Å². The summed E-state index contributed by atoms with van der Waals surface area (Å²) in [7, 11) is 0.702. The molecule has 0 saturated carbocycles. The Morgan fingerprint density at radius 3 is 0.993 bits per heavy atom. The molecule has 0 aliphatic heterocycles. The zero-order valence-electron chi connectivity index (χ0n) is 77.2. The van der Waals surface area contributed by atoms with Crippen LogP contribution in [0.15, 0.2) is 539 Å². The van der Waals surface area contributed by atoms with E-state index >= 15 is 0 Å². The van der Waals surface area contributed by atoms with Crippen molar-refractivity contribution in [1.82, 2.24) is 28.2 Å². The number of nitrogens with zero attached hydrogens (tertiary/aromatic N) is 8. The van der Waals surface area contributed by atoms with Crippen LogP contribution in [0.1, 0.15) is 44.5 Å². The number of rotatable bonds is 18. The average Bonchev–Trinajstić information content (AvgIpc) is 1.55. The summed E-state index contributed by atoms with van der Waals surface area (Å²) in [5.41, 5.74) is 35.9. The van der Waals surface area contributed by atoms with E-state index in [0.29, 0.717) is 13.4 Å². The van der Waals surface area contributed by atoms with Gasteiger partial charge in [-0.25, -0.2) is 0 Å². The largest absolute Gasteiger partial charge is 0.569 e. The first-order chi connectivity index (χ1) is 70.3. The van der Waals surface area contributed by atoms with Crippen LogP contribution in [0.25, 0.3) is 133 Å². The van der Waals surface area contributed by atoms with Gasteiger partial charge in [-0.3, -0.25) is 9.97 Å².